The Morgan fingerprint density at radius 3 is 2.85 bits per heavy atom. The van der Waals surface area contributed by atoms with Crippen LogP contribution in [0.15, 0.2) is 35.9 Å². The number of fused-ring (bicyclic) bond motifs is 2. The van der Waals surface area contributed by atoms with Crippen molar-refractivity contribution in [1.29, 1.82) is 0 Å². The van der Waals surface area contributed by atoms with Gasteiger partial charge >= 0.3 is 5.97 Å². The van der Waals surface area contributed by atoms with E-state index in [9.17, 15) is 4.79 Å². The number of hydrogen-bond acceptors (Lipinski definition) is 4. The standard InChI is InChI=1S/C23H28O4/c1-14-6-5-9-23(2)13-21-17(12-19(14)23)18(22(24)27-21)10-15-7-8-16(25-3)11-20(15)26-4/h7-8,10-11,17,19,21H,1,5-6,9,12-13H2,2-4H3/b18-10+/t17-,19+,21-,23-/m1/s1. The highest BCUT2D eigenvalue weighted by atomic mass is 16.6. The third-order valence-corrected chi connectivity index (χ3v) is 6.83. The van der Waals surface area contributed by atoms with Crippen LogP contribution in [0.3, 0.4) is 0 Å². The van der Waals surface area contributed by atoms with Gasteiger partial charge in [0.15, 0.2) is 0 Å². The van der Waals surface area contributed by atoms with E-state index >= 15 is 0 Å². The summed E-state index contributed by atoms with van der Waals surface area (Å²) in [4.78, 5) is 12.7. The summed E-state index contributed by atoms with van der Waals surface area (Å²) in [6.07, 6.45) is 7.32. The molecule has 0 aromatic heterocycles. The average Bonchev–Trinajstić information content (AvgIpc) is 2.94. The molecule has 0 unspecified atom stereocenters. The Bertz CT molecular complexity index is 809. The van der Waals surface area contributed by atoms with Crippen LogP contribution in [0.4, 0.5) is 0 Å². The number of methoxy groups -OCH3 is 2. The number of allylic oxidation sites excluding steroid dienone is 1. The molecule has 1 aliphatic heterocycles. The van der Waals surface area contributed by atoms with Crippen LogP contribution in [-0.2, 0) is 9.53 Å². The lowest BCUT2D eigenvalue weighted by Crippen LogP contribution is -2.43. The number of carbonyl (C=O) groups excluding carboxylic acids is 1. The van der Waals surface area contributed by atoms with Crippen molar-refractivity contribution in [3.63, 3.8) is 0 Å². The maximum Gasteiger partial charge on any atom is 0.334 e. The normalized spacial score (nSPS) is 34.0. The van der Waals surface area contributed by atoms with Crippen molar-refractivity contribution in [3.05, 3.63) is 41.5 Å². The predicted molar refractivity (Wildman–Crippen MR) is 105 cm³/mol. The zero-order valence-corrected chi connectivity index (χ0v) is 16.4. The fourth-order valence-electron chi connectivity index (χ4n) is 5.34. The summed E-state index contributed by atoms with van der Waals surface area (Å²) in [7, 11) is 3.26. The van der Waals surface area contributed by atoms with Crippen molar-refractivity contribution < 1.29 is 19.0 Å². The SMILES string of the molecule is C=C1CCC[C@]2(C)C[C@H]3OC(=O)/C(=C/c4ccc(OC)cc4OC)[C@H]3C[C@@H]12. The first-order chi connectivity index (χ1) is 12.9. The molecule has 2 aliphatic carbocycles. The molecule has 3 fully saturated rings. The highest BCUT2D eigenvalue weighted by Crippen LogP contribution is 2.57. The third kappa shape index (κ3) is 3.05. The van der Waals surface area contributed by atoms with Crippen molar-refractivity contribution in [3.8, 4) is 11.5 Å². The molecule has 27 heavy (non-hydrogen) atoms. The van der Waals surface area contributed by atoms with E-state index in [4.69, 9.17) is 14.2 Å². The molecule has 4 heteroatoms. The Morgan fingerprint density at radius 2 is 2.11 bits per heavy atom. The summed E-state index contributed by atoms with van der Waals surface area (Å²) < 4.78 is 16.6. The van der Waals surface area contributed by atoms with Crippen LogP contribution < -0.4 is 9.47 Å². The maximum atomic E-state index is 12.7. The van der Waals surface area contributed by atoms with E-state index in [1.807, 2.05) is 24.3 Å². The molecule has 3 aliphatic rings. The largest absolute Gasteiger partial charge is 0.497 e. The molecule has 144 valence electrons. The van der Waals surface area contributed by atoms with Gasteiger partial charge in [-0.25, -0.2) is 4.79 Å². The van der Waals surface area contributed by atoms with E-state index in [1.54, 1.807) is 14.2 Å². The fraction of sp³-hybridized carbons (Fsp3) is 0.522. The van der Waals surface area contributed by atoms with Crippen LogP contribution in [0.1, 0.15) is 44.6 Å². The highest BCUT2D eigenvalue weighted by molar-refractivity contribution is 5.97. The van der Waals surface area contributed by atoms with Crippen LogP contribution >= 0.6 is 0 Å². The van der Waals surface area contributed by atoms with Crippen LogP contribution in [0.2, 0.25) is 0 Å². The zero-order valence-electron chi connectivity index (χ0n) is 16.4. The topological polar surface area (TPSA) is 44.8 Å². The smallest absolute Gasteiger partial charge is 0.334 e. The number of rotatable bonds is 3. The van der Waals surface area contributed by atoms with Crippen molar-refractivity contribution in [1.82, 2.24) is 0 Å². The lowest BCUT2D eigenvalue weighted by atomic mass is 9.56. The average molecular weight is 368 g/mol. The first-order valence-corrected chi connectivity index (χ1v) is 9.77. The van der Waals surface area contributed by atoms with Crippen LogP contribution in [0.5, 0.6) is 11.5 Å². The minimum Gasteiger partial charge on any atom is -0.497 e. The minimum atomic E-state index is -0.185. The monoisotopic (exact) mass is 368 g/mol. The number of esters is 1. The van der Waals surface area contributed by atoms with E-state index in [0.29, 0.717) is 11.7 Å². The first kappa shape index (κ1) is 18.1. The van der Waals surface area contributed by atoms with Gasteiger partial charge in [-0.2, -0.15) is 0 Å². The Kier molecular flexibility index (Phi) is 4.53. The lowest BCUT2D eigenvalue weighted by Gasteiger charge is -2.49. The van der Waals surface area contributed by atoms with Gasteiger partial charge in [-0.1, -0.05) is 19.1 Å². The van der Waals surface area contributed by atoms with Gasteiger partial charge in [0.1, 0.15) is 17.6 Å². The number of hydrogen-bond donors (Lipinski definition) is 0. The third-order valence-electron chi connectivity index (χ3n) is 6.83. The Hall–Kier alpha value is -2.23. The Morgan fingerprint density at radius 1 is 1.30 bits per heavy atom. The molecule has 0 bridgehead atoms. The summed E-state index contributed by atoms with van der Waals surface area (Å²) >= 11 is 0. The minimum absolute atomic E-state index is 0.0138. The van der Waals surface area contributed by atoms with Crippen LogP contribution in [-0.4, -0.2) is 26.3 Å². The van der Waals surface area contributed by atoms with Crippen molar-refractivity contribution in [2.24, 2.45) is 17.3 Å². The first-order valence-electron chi connectivity index (χ1n) is 9.77. The molecule has 0 spiro atoms. The second-order valence-corrected chi connectivity index (χ2v) is 8.42. The quantitative estimate of drug-likeness (QED) is 0.437. The van der Waals surface area contributed by atoms with E-state index in [2.05, 4.69) is 13.5 Å². The van der Waals surface area contributed by atoms with E-state index < -0.39 is 0 Å². The molecule has 4 rings (SSSR count). The molecule has 0 radical (unpaired) electrons. The molecule has 1 heterocycles. The number of carbonyl (C=O) groups is 1. The van der Waals surface area contributed by atoms with Crippen molar-refractivity contribution in [2.45, 2.75) is 45.1 Å². The summed E-state index contributed by atoms with van der Waals surface area (Å²) in [5, 5.41) is 0. The lowest BCUT2D eigenvalue weighted by molar-refractivity contribution is -0.142. The van der Waals surface area contributed by atoms with Crippen molar-refractivity contribution in [2.75, 3.05) is 14.2 Å². The van der Waals surface area contributed by atoms with Gasteiger partial charge in [0, 0.05) is 23.1 Å². The predicted octanol–water partition coefficient (Wildman–Crippen LogP) is 4.79. The second kappa shape index (κ2) is 6.74. The van der Waals surface area contributed by atoms with E-state index in [-0.39, 0.29) is 23.4 Å². The van der Waals surface area contributed by atoms with Gasteiger partial charge in [-0.05, 0) is 61.6 Å². The Balaban J connectivity index is 1.68. The van der Waals surface area contributed by atoms with Crippen LogP contribution in [0.25, 0.3) is 6.08 Å². The molecular weight excluding hydrogens is 340 g/mol. The highest BCUT2D eigenvalue weighted by Gasteiger charge is 2.53. The molecule has 1 aromatic rings. The number of ether oxygens (including phenoxy) is 3. The number of benzene rings is 1. The molecule has 4 atom stereocenters. The molecular formula is C23H28O4. The van der Waals surface area contributed by atoms with Crippen LogP contribution in [0, 0.1) is 17.3 Å². The summed E-state index contributed by atoms with van der Waals surface area (Å²) in [6.45, 7) is 6.70. The Labute approximate surface area is 161 Å². The van der Waals surface area contributed by atoms with Crippen molar-refractivity contribution >= 4 is 12.0 Å². The van der Waals surface area contributed by atoms with E-state index in [0.717, 1.165) is 36.1 Å². The van der Waals surface area contributed by atoms with Gasteiger partial charge in [-0.3, -0.25) is 0 Å². The van der Waals surface area contributed by atoms with Gasteiger partial charge < -0.3 is 14.2 Å². The molecule has 1 aromatic carbocycles. The summed E-state index contributed by atoms with van der Waals surface area (Å²) in [5.41, 5.74) is 3.21. The fourth-order valence-corrected chi connectivity index (χ4v) is 5.34. The molecule has 4 nitrogen and oxygen atoms in total. The molecule has 0 N–H and O–H groups in total. The molecule has 1 saturated heterocycles. The second-order valence-electron chi connectivity index (χ2n) is 8.42. The van der Waals surface area contributed by atoms with Gasteiger partial charge in [0.2, 0.25) is 0 Å². The summed E-state index contributed by atoms with van der Waals surface area (Å²) in [5.74, 6) is 1.85. The van der Waals surface area contributed by atoms with E-state index in [1.165, 1.54) is 18.4 Å². The molecule has 2 saturated carbocycles. The maximum absolute atomic E-state index is 12.7. The molecule has 0 amide bonds. The zero-order chi connectivity index (χ0) is 19.2. The van der Waals surface area contributed by atoms with Gasteiger partial charge in [-0.15, -0.1) is 0 Å². The van der Waals surface area contributed by atoms with Gasteiger partial charge in [0.05, 0.1) is 14.2 Å². The summed E-state index contributed by atoms with van der Waals surface area (Å²) in [6, 6.07) is 5.65. The van der Waals surface area contributed by atoms with Gasteiger partial charge in [0.25, 0.3) is 0 Å².